The summed E-state index contributed by atoms with van der Waals surface area (Å²) in [6, 6.07) is 14.2. The molecule has 35 heavy (non-hydrogen) atoms. The Morgan fingerprint density at radius 3 is 2.09 bits per heavy atom. The number of carbonyl (C=O) groups is 3. The van der Waals surface area contributed by atoms with Gasteiger partial charge in [-0.2, -0.15) is 0 Å². The molecule has 2 aromatic carbocycles. The highest BCUT2D eigenvalue weighted by molar-refractivity contribution is 5.89. The van der Waals surface area contributed by atoms with Crippen LogP contribution in [0.1, 0.15) is 56.6 Å². The number of nitrogens with one attached hydrogen (secondary N) is 2. The smallest absolute Gasteiger partial charge is 0.407 e. The molecule has 1 aliphatic carbocycles. The van der Waals surface area contributed by atoms with Crippen LogP contribution in [-0.2, 0) is 14.3 Å². The minimum atomic E-state index is -1.12. The lowest BCUT2D eigenvalue weighted by atomic mass is 9.98. The third kappa shape index (κ3) is 6.72. The zero-order valence-corrected chi connectivity index (χ0v) is 20.3. The zero-order valence-electron chi connectivity index (χ0n) is 20.3. The van der Waals surface area contributed by atoms with Crippen molar-refractivity contribution in [3.8, 4) is 11.1 Å². The molecule has 0 aromatic heterocycles. The number of rotatable bonds is 12. The highest BCUT2D eigenvalue weighted by atomic mass is 16.5. The molecule has 2 aromatic rings. The molecule has 0 radical (unpaired) electrons. The van der Waals surface area contributed by atoms with Crippen molar-refractivity contribution in [2.24, 2.45) is 5.92 Å². The van der Waals surface area contributed by atoms with Gasteiger partial charge in [0.2, 0.25) is 5.91 Å². The van der Waals surface area contributed by atoms with Gasteiger partial charge in [-0.05, 0) is 53.9 Å². The molecule has 0 spiro atoms. The number of allylic oxidation sites excluding steroid dienone is 1. The van der Waals surface area contributed by atoms with Crippen LogP contribution in [0.3, 0.4) is 0 Å². The van der Waals surface area contributed by atoms with E-state index in [1.165, 1.54) is 0 Å². The van der Waals surface area contributed by atoms with Crippen molar-refractivity contribution in [1.29, 1.82) is 0 Å². The van der Waals surface area contributed by atoms with Crippen molar-refractivity contribution in [3.63, 3.8) is 0 Å². The molecule has 186 valence electrons. The summed E-state index contributed by atoms with van der Waals surface area (Å²) >= 11 is 0. The van der Waals surface area contributed by atoms with Crippen molar-refractivity contribution in [1.82, 2.24) is 10.6 Å². The van der Waals surface area contributed by atoms with Gasteiger partial charge in [0.1, 0.15) is 18.7 Å². The van der Waals surface area contributed by atoms with E-state index in [4.69, 9.17) is 4.74 Å². The monoisotopic (exact) mass is 478 g/mol. The number of hydrogen-bond donors (Lipinski definition) is 3. The average molecular weight is 479 g/mol. The quantitative estimate of drug-likeness (QED) is 0.378. The Morgan fingerprint density at radius 1 is 0.943 bits per heavy atom. The fourth-order valence-corrected chi connectivity index (χ4v) is 4.37. The van der Waals surface area contributed by atoms with Gasteiger partial charge in [0.15, 0.2) is 0 Å². The van der Waals surface area contributed by atoms with Crippen LogP contribution >= 0.6 is 0 Å². The lowest BCUT2D eigenvalue weighted by Gasteiger charge is -2.22. The maximum atomic E-state index is 12.9. The molecule has 0 saturated carbocycles. The summed E-state index contributed by atoms with van der Waals surface area (Å²) in [6.45, 7) is 7.77. The average Bonchev–Trinajstić information content (AvgIpc) is 3.16. The predicted octanol–water partition coefficient (Wildman–Crippen LogP) is 4.87. The third-order valence-electron chi connectivity index (χ3n) is 6.26. The normalized spacial score (nSPS) is 13.9. The predicted molar refractivity (Wildman–Crippen MR) is 135 cm³/mol. The number of benzene rings is 2. The second kappa shape index (κ2) is 12.2. The first-order valence-electron chi connectivity index (χ1n) is 12.1. The first-order chi connectivity index (χ1) is 16.8. The van der Waals surface area contributed by atoms with Gasteiger partial charge in [-0.25, -0.2) is 9.59 Å². The molecule has 2 amide bonds. The minimum Gasteiger partial charge on any atom is -0.480 e. The van der Waals surface area contributed by atoms with Crippen LogP contribution in [0.4, 0.5) is 4.79 Å². The number of ether oxygens (including phenoxy) is 1. The molecule has 3 N–H and O–H groups in total. The van der Waals surface area contributed by atoms with Crippen LogP contribution < -0.4 is 10.6 Å². The number of carbonyl (C=O) groups excluding carboxylic acids is 2. The molecule has 7 heteroatoms. The van der Waals surface area contributed by atoms with Gasteiger partial charge in [-0.3, -0.25) is 4.79 Å². The van der Waals surface area contributed by atoms with E-state index >= 15 is 0 Å². The topological polar surface area (TPSA) is 105 Å². The number of carboxylic acids is 1. The van der Waals surface area contributed by atoms with E-state index in [-0.39, 0.29) is 18.9 Å². The first-order valence-corrected chi connectivity index (χ1v) is 12.1. The summed E-state index contributed by atoms with van der Waals surface area (Å²) in [5.74, 6) is -1.43. The summed E-state index contributed by atoms with van der Waals surface area (Å²) in [4.78, 5) is 37.2. The Bertz CT molecular complexity index is 1020. The number of amides is 2. The molecule has 2 atom stereocenters. The van der Waals surface area contributed by atoms with Crippen molar-refractivity contribution in [3.05, 3.63) is 72.3 Å². The summed E-state index contributed by atoms with van der Waals surface area (Å²) in [7, 11) is 0. The van der Waals surface area contributed by atoms with Gasteiger partial charge in [-0.1, -0.05) is 68.5 Å². The van der Waals surface area contributed by atoms with E-state index in [0.29, 0.717) is 25.2 Å². The third-order valence-corrected chi connectivity index (χ3v) is 6.26. The van der Waals surface area contributed by atoms with E-state index in [0.717, 1.165) is 22.3 Å². The van der Waals surface area contributed by atoms with Crippen molar-refractivity contribution in [2.45, 2.75) is 57.5 Å². The molecule has 0 aliphatic heterocycles. The molecule has 0 heterocycles. The van der Waals surface area contributed by atoms with Crippen LogP contribution in [0.5, 0.6) is 0 Å². The summed E-state index contributed by atoms with van der Waals surface area (Å²) in [5.41, 5.74) is 4.46. The number of alkyl carbamates (subject to hydrolysis) is 1. The molecule has 7 nitrogen and oxygen atoms in total. The van der Waals surface area contributed by atoms with Gasteiger partial charge in [0.25, 0.3) is 0 Å². The largest absolute Gasteiger partial charge is 0.480 e. The highest BCUT2D eigenvalue weighted by Crippen LogP contribution is 2.44. The number of aliphatic carboxylic acids is 1. The number of carboxylic acid groups (broad SMARTS) is 1. The maximum Gasteiger partial charge on any atom is 0.407 e. The zero-order chi connectivity index (χ0) is 25.4. The fourth-order valence-electron chi connectivity index (χ4n) is 4.37. The summed E-state index contributed by atoms with van der Waals surface area (Å²) in [5, 5.41) is 14.6. The molecular formula is C28H34N2O5. The molecule has 0 bridgehead atoms. The van der Waals surface area contributed by atoms with Crippen LogP contribution in [0.15, 0.2) is 61.2 Å². The standard InChI is InChI=1S/C28H34N2O5/c1-4-5-14-25(27(32)33)29-26(31)24(16-15-18(2)3)30-28(34)35-17-23-21-12-8-6-10-19(21)20-11-7-9-13-22(20)23/h4,6-13,18,23-25H,1,5,14-17H2,2-3H3,(H,29,31)(H,30,34)(H,32,33). The lowest BCUT2D eigenvalue weighted by Crippen LogP contribution is -2.51. The van der Waals surface area contributed by atoms with Gasteiger partial charge in [-0.15, -0.1) is 6.58 Å². The van der Waals surface area contributed by atoms with Gasteiger partial charge < -0.3 is 20.5 Å². The van der Waals surface area contributed by atoms with E-state index in [1.807, 2.05) is 50.2 Å². The number of fused-ring (bicyclic) bond motifs is 3. The Kier molecular flexibility index (Phi) is 9.06. The van der Waals surface area contributed by atoms with E-state index in [2.05, 4.69) is 29.3 Å². The van der Waals surface area contributed by atoms with Crippen molar-refractivity contribution < 1.29 is 24.2 Å². The van der Waals surface area contributed by atoms with Gasteiger partial charge in [0.05, 0.1) is 0 Å². The van der Waals surface area contributed by atoms with Crippen LogP contribution in [0.25, 0.3) is 11.1 Å². The van der Waals surface area contributed by atoms with Crippen molar-refractivity contribution in [2.75, 3.05) is 6.61 Å². The summed E-state index contributed by atoms with van der Waals surface area (Å²) < 4.78 is 5.58. The Morgan fingerprint density at radius 2 is 1.54 bits per heavy atom. The Labute approximate surface area is 206 Å². The second-order valence-corrected chi connectivity index (χ2v) is 9.26. The van der Waals surface area contributed by atoms with Crippen LogP contribution in [-0.4, -0.2) is 41.8 Å². The minimum absolute atomic E-state index is 0.0913. The lowest BCUT2D eigenvalue weighted by molar-refractivity contribution is -0.142. The molecule has 1 aliphatic rings. The summed E-state index contributed by atoms with van der Waals surface area (Å²) in [6.07, 6.45) is 2.65. The second-order valence-electron chi connectivity index (χ2n) is 9.26. The maximum absolute atomic E-state index is 12.9. The van der Waals surface area contributed by atoms with E-state index < -0.39 is 30.1 Å². The molecule has 3 rings (SSSR count). The molecule has 0 fully saturated rings. The SMILES string of the molecule is C=CCCC(NC(=O)C(CCC(C)C)NC(=O)OCC1c2ccccc2-c2ccccc21)C(=O)O. The Balaban J connectivity index is 1.66. The van der Waals surface area contributed by atoms with Crippen molar-refractivity contribution >= 4 is 18.0 Å². The number of hydrogen-bond acceptors (Lipinski definition) is 4. The molecular weight excluding hydrogens is 444 g/mol. The van der Waals surface area contributed by atoms with E-state index in [1.54, 1.807) is 6.08 Å². The van der Waals surface area contributed by atoms with Crippen LogP contribution in [0, 0.1) is 5.92 Å². The Hall–Kier alpha value is -3.61. The van der Waals surface area contributed by atoms with Gasteiger partial charge in [0, 0.05) is 5.92 Å². The van der Waals surface area contributed by atoms with E-state index in [9.17, 15) is 19.5 Å². The van der Waals surface area contributed by atoms with Gasteiger partial charge >= 0.3 is 12.1 Å². The highest BCUT2D eigenvalue weighted by Gasteiger charge is 2.30. The van der Waals surface area contributed by atoms with Crippen LogP contribution in [0.2, 0.25) is 0 Å². The first kappa shape index (κ1) is 26.0. The molecule has 2 unspecified atom stereocenters. The fraction of sp³-hybridized carbons (Fsp3) is 0.393. The molecule has 0 saturated heterocycles.